The van der Waals surface area contributed by atoms with Crippen LogP contribution in [0.15, 0.2) is 24.3 Å². The lowest BCUT2D eigenvalue weighted by Gasteiger charge is -2.21. The molecular weight excluding hydrogens is 278 g/mol. The Labute approximate surface area is 124 Å². The summed E-state index contributed by atoms with van der Waals surface area (Å²) in [5.41, 5.74) is 1.44. The molecule has 0 saturated heterocycles. The van der Waals surface area contributed by atoms with Crippen LogP contribution in [0.2, 0.25) is 0 Å². The molecule has 1 N–H and O–H groups in total. The summed E-state index contributed by atoms with van der Waals surface area (Å²) < 4.78 is 4.74. The molecule has 1 rings (SSSR count). The van der Waals surface area contributed by atoms with E-state index in [0.29, 0.717) is 11.4 Å². The molecule has 110 valence electrons. The maximum Gasteiger partial charge on any atom is 0.328 e. The van der Waals surface area contributed by atoms with Gasteiger partial charge >= 0.3 is 5.97 Å². The van der Waals surface area contributed by atoms with E-state index in [4.69, 9.17) is 16.3 Å². The van der Waals surface area contributed by atoms with Crippen molar-refractivity contribution in [1.29, 1.82) is 0 Å². The van der Waals surface area contributed by atoms with E-state index >= 15 is 0 Å². The van der Waals surface area contributed by atoms with Crippen molar-refractivity contribution >= 4 is 23.5 Å². The molecular formula is C15H20ClNO3. The van der Waals surface area contributed by atoms with E-state index in [-0.39, 0.29) is 11.8 Å². The second kappa shape index (κ2) is 7.90. The van der Waals surface area contributed by atoms with Crippen LogP contribution in [-0.2, 0) is 15.4 Å². The fourth-order valence-corrected chi connectivity index (χ4v) is 1.94. The largest absolute Gasteiger partial charge is 0.467 e. The van der Waals surface area contributed by atoms with E-state index in [1.54, 1.807) is 24.3 Å². The number of carbonyl (C=O) groups is 2. The Morgan fingerprint density at radius 1 is 1.30 bits per heavy atom. The van der Waals surface area contributed by atoms with Gasteiger partial charge in [-0.1, -0.05) is 32.4 Å². The number of alkyl halides is 1. The Bertz CT molecular complexity index is 459. The quantitative estimate of drug-likeness (QED) is 0.649. The highest BCUT2D eigenvalue weighted by molar-refractivity contribution is 6.17. The molecule has 0 heterocycles. The van der Waals surface area contributed by atoms with Gasteiger partial charge in [0, 0.05) is 11.4 Å². The van der Waals surface area contributed by atoms with E-state index in [1.165, 1.54) is 7.11 Å². The molecule has 0 radical (unpaired) electrons. The zero-order valence-electron chi connectivity index (χ0n) is 12.0. The monoisotopic (exact) mass is 297 g/mol. The number of amides is 1. The third-order valence-electron chi connectivity index (χ3n) is 3.33. The molecule has 0 fully saturated rings. The summed E-state index contributed by atoms with van der Waals surface area (Å²) >= 11 is 5.70. The van der Waals surface area contributed by atoms with Gasteiger partial charge in [0.15, 0.2) is 0 Å². The summed E-state index contributed by atoms with van der Waals surface area (Å²) in [4.78, 5) is 23.9. The normalized spacial score (nSPS) is 13.4. The Kier molecular flexibility index (Phi) is 6.52. The van der Waals surface area contributed by atoms with Gasteiger partial charge in [-0.25, -0.2) is 4.79 Å². The van der Waals surface area contributed by atoms with Gasteiger partial charge in [0.2, 0.25) is 0 Å². The van der Waals surface area contributed by atoms with Crippen LogP contribution in [-0.4, -0.2) is 25.0 Å². The summed E-state index contributed by atoms with van der Waals surface area (Å²) in [6.45, 7) is 3.86. The van der Waals surface area contributed by atoms with Crippen LogP contribution in [0.4, 0.5) is 0 Å². The minimum Gasteiger partial charge on any atom is -0.467 e. The van der Waals surface area contributed by atoms with Gasteiger partial charge in [0.05, 0.1) is 7.11 Å². The Morgan fingerprint density at radius 2 is 1.90 bits per heavy atom. The van der Waals surface area contributed by atoms with Crippen LogP contribution in [0.5, 0.6) is 0 Å². The first-order valence-corrected chi connectivity index (χ1v) is 7.10. The molecule has 0 aliphatic rings. The number of nitrogens with one attached hydrogen (secondary N) is 1. The first-order chi connectivity index (χ1) is 9.53. The zero-order valence-corrected chi connectivity index (χ0v) is 12.7. The smallest absolute Gasteiger partial charge is 0.328 e. The lowest BCUT2D eigenvalue weighted by Crippen LogP contribution is -2.45. The third kappa shape index (κ3) is 4.23. The Hall–Kier alpha value is -1.55. The maximum absolute atomic E-state index is 12.1. The first kappa shape index (κ1) is 16.5. The molecule has 1 aromatic rings. The van der Waals surface area contributed by atoms with Gasteiger partial charge in [-0.3, -0.25) is 4.79 Å². The Morgan fingerprint density at radius 3 is 2.35 bits per heavy atom. The number of ether oxygens (including phenoxy) is 1. The fraction of sp³-hybridized carbons (Fsp3) is 0.467. The molecule has 0 aliphatic carbocycles. The van der Waals surface area contributed by atoms with Gasteiger partial charge in [-0.15, -0.1) is 11.6 Å². The zero-order chi connectivity index (χ0) is 15.1. The first-order valence-electron chi connectivity index (χ1n) is 6.57. The molecule has 2 atom stereocenters. The number of rotatable bonds is 6. The second-order valence-electron chi connectivity index (χ2n) is 4.69. The molecule has 0 bridgehead atoms. The fourth-order valence-electron chi connectivity index (χ4n) is 1.77. The highest BCUT2D eigenvalue weighted by Gasteiger charge is 2.26. The van der Waals surface area contributed by atoms with Crippen molar-refractivity contribution in [3.8, 4) is 0 Å². The average molecular weight is 298 g/mol. The minimum absolute atomic E-state index is 0.00788. The highest BCUT2D eigenvalue weighted by Crippen LogP contribution is 2.12. The number of esters is 1. The number of hydrogen-bond acceptors (Lipinski definition) is 3. The van der Waals surface area contributed by atoms with E-state index in [9.17, 15) is 9.59 Å². The summed E-state index contributed by atoms with van der Waals surface area (Å²) in [5, 5.41) is 2.73. The van der Waals surface area contributed by atoms with Gasteiger partial charge < -0.3 is 10.1 Å². The van der Waals surface area contributed by atoms with Gasteiger partial charge in [0.25, 0.3) is 5.91 Å². The molecule has 1 amide bonds. The van der Waals surface area contributed by atoms with Crippen molar-refractivity contribution in [2.75, 3.05) is 7.11 Å². The van der Waals surface area contributed by atoms with Crippen LogP contribution >= 0.6 is 11.6 Å². The van der Waals surface area contributed by atoms with Crippen LogP contribution in [0.25, 0.3) is 0 Å². The van der Waals surface area contributed by atoms with Crippen molar-refractivity contribution in [1.82, 2.24) is 5.32 Å². The topological polar surface area (TPSA) is 55.4 Å². The van der Waals surface area contributed by atoms with Crippen molar-refractivity contribution in [2.45, 2.75) is 32.2 Å². The van der Waals surface area contributed by atoms with Crippen LogP contribution < -0.4 is 5.32 Å². The number of hydrogen-bond donors (Lipinski definition) is 1. The van der Waals surface area contributed by atoms with Crippen molar-refractivity contribution < 1.29 is 14.3 Å². The van der Waals surface area contributed by atoms with Crippen LogP contribution in [0.3, 0.4) is 0 Å². The highest BCUT2D eigenvalue weighted by atomic mass is 35.5. The SMILES string of the molecule is CCC(C)C(NC(=O)c1ccc(CCl)cc1)C(=O)OC. The number of halogens is 1. The molecule has 5 heteroatoms. The maximum atomic E-state index is 12.1. The van der Waals surface area contributed by atoms with E-state index in [0.717, 1.165) is 12.0 Å². The van der Waals surface area contributed by atoms with Crippen molar-refractivity contribution in [3.63, 3.8) is 0 Å². The summed E-state index contributed by atoms with van der Waals surface area (Å²) in [5.74, 6) is -0.306. The van der Waals surface area contributed by atoms with Crippen LogP contribution in [0, 0.1) is 5.92 Å². The van der Waals surface area contributed by atoms with E-state index in [1.807, 2.05) is 13.8 Å². The Balaban J connectivity index is 2.81. The third-order valence-corrected chi connectivity index (χ3v) is 3.63. The van der Waals surface area contributed by atoms with Crippen molar-refractivity contribution in [3.05, 3.63) is 35.4 Å². The lowest BCUT2D eigenvalue weighted by atomic mass is 9.98. The van der Waals surface area contributed by atoms with E-state index < -0.39 is 12.0 Å². The van der Waals surface area contributed by atoms with Gasteiger partial charge in [-0.05, 0) is 23.6 Å². The number of methoxy groups -OCH3 is 1. The second-order valence-corrected chi connectivity index (χ2v) is 4.96. The summed E-state index contributed by atoms with van der Waals surface area (Å²) in [6, 6.07) is 6.33. The molecule has 0 aromatic heterocycles. The van der Waals surface area contributed by atoms with Gasteiger partial charge in [0.1, 0.15) is 6.04 Å². The standard InChI is InChI=1S/C15H20ClNO3/c1-4-10(2)13(15(19)20-3)17-14(18)12-7-5-11(9-16)6-8-12/h5-8,10,13H,4,9H2,1-3H3,(H,17,18). The number of benzene rings is 1. The lowest BCUT2D eigenvalue weighted by molar-refractivity contribution is -0.144. The summed E-state index contributed by atoms with van der Waals surface area (Å²) in [6.07, 6.45) is 0.769. The molecule has 2 unspecified atom stereocenters. The predicted octanol–water partition coefficient (Wildman–Crippen LogP) is 2.74. The van der Waals surface area contributed by atoms with Crippen molar-refractivity contribution in [2.24, 2.45) is 5.92 Å². The molecule has 20 heavy (non-hydrogen) atoms. The molecule has 0 spiro atoms. The number of carbonyl (C=O) groups excluding carboxylic acids is 2. The molecule has 0 saturated carbocycles. The van der Waals surface area contributed by atoms with Crippen LogP contribution in [0.1, 0.15) is 36.2 Å². The predicted molar refractivity (Wildman–Crippen MR) is 78.7 cm³/mol. The molecule has 4 nitrogen and oxygen atoms in total. The van der Waals surface area contributed by atoms with E-state index in [2.05, 4.69) is 5.32 Å². The summed E-state index contributed by atoms with van der Waals surface area (Å²) in [7, 11) is 1.32. The molecule has 1 aromatic carbocycles. The van der Waals surface area contributed by atoms with Gasteiger partial charge in [-0.2, -0.15) is 0 Å². The average Bonchev–Trinajstić information content (AvgIpc) is 2.50. The minimum atomic E-state index is -0.634. The molecule has 0 aliphatic heterocycles.